The van der Waals surface area contributed by atoms with Crippen LogP contribution in [0.5, 0.6) is 0 Å². The molecule has 4 aliphatic heterocycles. The largest absolute Gasteiger partial charge is 0.304 e. The zero-order chi connectivity index (χ0) is 16.8. The Morgan fingerprint density at radius 3 is 3.00 bits per heavy atom. The highest BCUT2D eigenvalue weighted by atomic mass is 16.2. The molecule has 0 radical (unpaired) electrons. The topological polar surface area (TPSA) is 40.6 Å². The van der Waals surface area contributed by atoms with E-state index >= 15 is 0 Å². The summed E-state index contributed by atoms with van der Waals surface area (Å²) in [5.74, 6) is 0.546. The Labute approximate surface area is 146 Å². The molecule has 1 aromatic rings. The van der Waals surface area contributed by atoms with Crippen molar-refractivity contribution < 1.29 is 9.59 Å². The number of allylic oxidation sites excluding steroid dienone is 1. The molecule has 1 saturated carbocycles. The molecule has 0 unspecified atom stereocenters. The van der Waals surface area contributed by atoms with Crippen molar-refractivity contribution in [3.05, 3.63) is 53.1 Å². The maximum Gasteiger partial charge on any atom is 0.231 e. The first kappa shape index (κ1) is 14.0. The lowest BCUT2D eigenvalue weighted by Gasteiger charge is -2.54. The first-order valence-electron chi connectivity index (χ1n) is 9.25. The summed E-state index contributed by atoms with van der Waals surface area (Å²) in [6.45, 7) is 1.95. The minimum absolute atomic E-state index is 0.0434. The standard InChI is InChI=1S/C21H20N2O2/c24-10-7-13-12-22-9-8-21-16-3-1-2-4-17(16)23-19(25)6-5-14(20(21)23)15(13)11-18(21)22/h1-5,7,10,15,18,20H,6,8-9,11-12H2/b13-7+/t15-,18-,20-,21+/m0/s1. The third-order valence-electron chi connectivity index (χ3n) is 7.33. The molecular weight excluding hydrogens is 312 g/mol. The Balaban J connectivity index is 1.65. The van der Waals surface area contributed by atoms with E-state index in [2.05, 4.69) is 40.1 Å². The van der Waals surface area contributed by atoms with Crippen molar-refractivity contribution in [2.45, 2.75) is 36.8 Å². The molecule has 2 bridgehead atoms. The second kappa shape index (κ2) is 4.50. The number of anilines is 1. The fourth-order valence-electron chi connectivity index (χ4n) is 6.55. The number of hydrogen-bond acceptors (Lipinski definition) is 3. The molecule has 0 aromatic heterocycles. The average molecular weight is 332 g/mol. The van der Waals surface area contributed by atoms with Gasteiger partial charge in [0.2, 0.25) is 5.91 Å². The van der Waals surface area contributed by atoms with Gasteiger partial charge in [0.15, 0.2) is 0 Å². The lowest BCUT2D eigenvalue weighted by Crippen LogP contribution is -2.62. The summed E-state index contributed by atoms with van der Waals surface area (Å²) in [4.78, 5) is 28.7. The molecular formula is C21H20N2O2. The quantitative estimate of drug-likeness (QED) is 0.450. The number of carbonyl (C=O) groups is 2. The van der Waals surface area contributed by atoms with Crippen molar-refractivity contribution in [3.63, 3.8) is 0 Å². The number of piperidine rings is 1. The molecule has 25 heavy (non-hydrogen) atoms. The zero-order valence-electron chi connectivity index (χ0n) is 14.0. The van der Waals surface area contributed by atoms with E-state index in [0.29, 0.717) is 18.4 Å². The molecule has 1 aromatic carbocycles. The molecule has 0 N–H and O–H groups in total. The molecule has 6 rings (SSSR count). The number of benzene rings is 1. The van der Waals surface area contributed by atoms with Crippen LogP contribution in [0, 0.1) is 5.92 Å². The summed E-state index contributed by atoms with van der Waals surface area (Å²) in [5.41, 5.74) is 5.16. The second-order valence-electron chi connectivity index (χ2n) is 8.03. The molecule has 1 spiro atoms. The van der Waals surface area contributed by atoms with Gasteiger partial charge in [-0.3, -0.25) is 14.5 Å². The van der Waals surface area contributed by atoms with Crippen LogP contribution in [0.15, 0.2) is 47.6 Å². The van der Waals surface area contributed by atoms with Crippen molar-refractivity contribution in [2.24, 2.45) is 5.92 Å². The monoisotopic (exact) mass is 332 g/mol. The predicted octanol–water partition coefficient (Wildman–Crippen LogP) is 2.20. The lowest BCUT2D eigenvalue weighted by molar-refractivity contribution is -0.119. The minimum Gasteiger partial charge on any atom is -0.304 e. The maximum atomic E-state index is 12.9. The zero-order valence-corrected chi connectivity index (χ0v) is 14.0. The van der Waals surface area contributed by atoms with Gasteiger partial charge in [0.25, 0.3) is 0 Å². The van der Waals surface area contributed by atoms with Crippen LogP contribution in [0.3, 0.4) is 0 Å². The summed E-state index contributed by atoms with van der Waals surface area (Å²) in [6, 6.07) is 9.16. The SMILES string of the molecule is O=C/C=C1\CN2CC[C@@]34c5ccccc5N5C(=O)CC=C([C@H]1C[C@H]23)[C@H]54. The van der Waals surface area contributed by atoms with Gasteiger partial charge in [-0.1, -0.05) is 24.3 Å². The van der Waals surface area contributed by atoms with Crippen LogP contribution in [0.4, 0.5) is 5.69 Å². The van der Waals surface area contributed by atoms with E-state index in [1.807, 2.05) is 0 Å². The van der Waals surface area contributed by atoms with Crippen molar-refractivity contribution in [1.82, 2.24) is 4.90 Å². The van der Waals surface area contributed by atoms with Crippen molar-refractivity contribution in [3.8, 4) is 0 Å². The molecule has 1 amide bonds. The van der Waals surface area contributed by atoms with Gasteiger partial charge in [-0.25, -0.2) is 0 Å². The Hall–Kier alpha value is -2.20. The molecule has 4 heterocycles. The molecule has 126 valence electrons. The molecule has 4 heteroatoms. The Morgan fingerprint density at radius 2 is 2.12 bits per heavy atom. The number of aldehydes is 1. The summed E-state index contributed by atoms with van der Waals surface area (Å²) in [6.07, 6.45) is 7.55. The summed E-state index contributed by atoms with van der Waals surface area (Å²) in [7, 11) is 0. The normalized spacial score (nSPS) is 39.3. The van der Waals surface area contributed by atoms with Crippen LogP contribution in [-0.2, 0) is 15.0 Å². The van der Waals surface area contributed by atoms with E-state index in [1.165, 1.54) is 16.7 Å². The average Bonchev–Trinajstić information content (AvgIpc) is 3.17. The number of carbonyl (C=O) groups excluding carboxylic acids is 2. The fraction of sp³-hybridized carbons (Fsp3) is 0.429. The van der Waals surface area contributed by atoms with Crippen LogP contribution >= 0.6 is 0 Å². The molecule has 5 aliphatic rings. The summed E-state index contributed by atoms with van der Waals surface area (Å²) in [5, 5.41) is 0. The van der Waals surface area contributed by atoms with Gasteiger partial charge in [-0.15, -0.1) is 0 Å². The smallest absolute Gasteiger partial charge is 0.231 e. The van der Waals surface area contributed by atoms with E-state index in [0.717, 1.165) is 37.9 Å². The number of amides is 1. The first-order valence-corrected chi connectivity index (χ1v) is 9.25. The van der Waals surface area contributed by atoms with Gasteiger partial charge >= 0.3 is 0 Å². The van der Waals surface area contributed by atoms with E-state index in [1.54, 1.807) is 6.08 Å². The first-order chi connectivity index (χ1) is 12.3. The van der Waals surface area contributed by atoms with Crippen LogP contribution in [0.2, 0.25) is 0 Å². The third kappa shape index (κ3) is 1.45. The van der Waals surface area contributed by atoms with Crippen molar-refractivity contribution >= 4 is 17.9 Å². The number of hydrogen-bond donors (Lipinski definition) is 0. The second-order valence-corrected chi connectivity index (χ2v) is 8.03. The number of nitrogens with zero attached hydrogens (tertiary/aromatic N) is 2. The molecule has 2 saturated heterocycles. The van der Waals surface area contributed by atoms with Gasteiger partial charge in [0, 0.05) is 36.0 Å². The van der Waals surface area contributed by atoms with Crippen molar-refractivity contribution in [2.75, 3.05) is 18.0 Å². The maximum absolute atomic E-state index is 12.9. The van der Waals surface area contributed by atoms with E-state index < -0.39 is 0 Å². The number of fused-ring (bicyclic) bond motifs is 4. The van der Waals surface area contributed by atoms with Crippen LogP contribution in [0.25, 0.3) is 0 Å². The Morgan fingerprint density at radius 1 is 1.24 bits per heavy atom. The highest BCUT2D eigenvalue weighted by Gasteiger charge is 2.67. The van der Waals surface area contributed by atoms with Crippen LogP contribution in [-0.4, -0.2) is 42.3 Å². The minimum atomic E-state index is 0.0434. The molecule has 4 atom stereocenters. The number of rotatable bonds is 1. The van der Waals surface area contributed by atoms with Gasteiger partial charge in [-0.2, -0.15) is 0 Å². The van der Waals surface area contributed by atoms with Crippen LogP contribution < -0.4 is 4.90 Å². The van der Waals surface area contributed by atoms with E-state index in [9.17, 15) is 9.59 Å². The summed E-state index contributed by atoms with van der Waals surface area (Å²) < 4.78 is 0. The van der Waals surface area contributed by atoms with Gasteiger partial charge in [0.1, 0.15) is 6.29 Å². The van der Waals surface area contributed by atoms with Crippen molar-refractivity contribution in [1.29, 1.82) is 0 Å². The third-order valence-corrected chi connectivity index (χ3v) is 7.33. The van der Waals surface area contributed by atoms with Gasteiger partial charge in [-0.05, 0) is 48.2 Å². The molecule has 1 aliphatic carbocycles. The predicted molar refractivity (Wildman–Crippen MR) is 94.3 cm³/mol. The highest BCUT2D eigenvalue weighted by Crippen LogP contribution is 2.63. The molecule has 4 nitrogen and oxygen atoms in total. The summed E-state index contributed by atoms with van der Waals surface area (Å²) >= 11 is 0. The fourth-order valence-corrected chi connectivity index (χ4v) is 6.55. The lowest BCUT2D eigenvalue weighted by atomic mass is 9.57. The van der Waals surface area contributed by atoms with Crippen LogP contribution in [0.1, 0.15) is 24.8 Å². The molecule has 3 fully saturated rings. The highest BCUT2D eigenvalue weighted by molar-refractivity contribution is 6.00. The number of para-hydroxylation sites is 1. The Kier molecular flexibility index (Phi) is 2.52. The van der Waals surface area contributed by atoms with Gasteiger partial charge < -0.3 is 4.90 Å². The Bertz CT molecular complexity index is 886. The van der Waals surface area contributed by atoms with Gasteiger partial charge in [0.05, 0.1) is 6.04 Å². The van der Waals surface area contributed by atoms with E-state index in [-0.39, 0.29) is 17.4 Å². The van der Waals surface area contributed by atoms with E-state index in [4.69, 9.17) is 0 Å².